The Labute approximate surface area is 128 Å². The molecule has 1 atom stereocenters. The van der Waals surface area contributed by atoms with Crippen LogP contribution in [0.5, 0.6) is 5.75 Å². The van der Waals surface area contributed by atoms with Gasteiger partial charge in [0.25, 0.3) is 0 Å². The van der Waals surface area contributed by atoms with Crippen LogP contribution in [0.25, 0.3) is 0 Å². The third-order valence-electron chi connectivity index (χ3n) is 3.46. The van der Waals surface area contributed by atoms with Crippen LogP contribution >= 0.6 is 22.6 Å². The molecule has 0 spiro atoms. The Hall–Kier alpha value is -0.990. The summed E-state index contributed by atoms with van der Waals surface area (Å²) in [6, 6.07) is 3.01. The van der Waals surface area contributed by atoms with Crippen molar-refractivity contribution in [1.82, 2.24) is 4.90 Å². The molecule has 0 radical (unpaired) electrons. The summed E-state index contributed by atoms with van der Waals surface area (Å²) < 4.78 is 43.8. The lowest BCUT2D eigenvalue weighted by Gasteiger charge is -2.36. The molecule has 0 N–H and O–H groups in total. The summed E-state index contributed by atoms with van der Waals surface area (Å²) in [6.07, 6.45) is -4.42. The van der Waals surface area contributed by atoms with E-state index in [0.29, 0.717) is 17.7 Å². The van der Waals surface area contributed by atoms with Crippen molar-refractivity contribution in [2.45, 2.75) is 25.6 Å². The molecule has 3 nitrogen and oxygen atoms in total. The second kappa shape index (κ2) is 5.42. The van der Waals surface area contributed by atoms with Crippen molar-refractivity contribution in [1.29, 1.82) is 0 Å². The zero-order chi connectivity index (χ0) is 15.1. The minimum absolute atomic E-state index is 0.0783. The van der Waals surface area contributed by atoms with Crippen molar-refractivity contribution < 1.29 is 22.7 Å². The first-order valence-electron chi connectivity index (χ1n) is 5.99. The van der Waals surface area contributed by atoms with Gasteiger partial charge < -0.3 is 9.64 Å². The summed E-state index contributed by atoms with van der Waals surface area (Å²) in [7, 11) is 1.51. The number of halogens is 4. The molecular weight excluding hydrogens is 386 g/mol. The maximum atomic E-state index is 12.6. The number of rotatable bonds is 1. The number of hydrogen-bond acceptors (Lipinski definition) is 2. The Morgan fingerprint density at radius 1 is 1.45 bits per heavy atom. The van der Waals surface area contributed by atoms with Crippen molar-refractivity contribution in [3.63, 3.8) is 0 Å². The standard InChI is InChI=1S/C13H13F3INO2/c1-7-9-6-11(20-2)10(17)5-8(9)3-4-18(7)12(19)13(14,15)16/h5-7H,3-4H2,1-2H3/t7-/m0/s1. The summed E-state index contributed by atoms with van der Waals surface area (Å²) in [5.74, 6) is -1.18. The molecule has 0 aliphatic carbocycles. The highest BCUT2D eigenvalue weighted by molar-refractivity contribution is 14.1. The van der Waals surface area contributed by atoms with Crippen molar-refractivity contribution in [2.24, 2.45) is 0 Å². The highest BCUT2D eigenvalue weighted by Crippen LogP contribution is 2.36. The third-order valence-corrected chi connectivity index (χ3v) is 4.30. The molecule has 0 fully saturated rings. The monoisotopic (exact) mass is 399 g/mol. The lowest BCUT2D eigenvalue weighted by molar-refractivity contribution is -0.188. The van der Waals surface area contributed by atoms with Gasteiger partial charge in [-0.1, -0.05) is 0 Å². The molecule has 1 heterocycles. The normalized spacial score (nSPS) is 18.7. The number of ether oxygens (including phenoxy) is 1. The SMILES string of the molecule is COc1cc2c(cc1I)CCN(C(=O)C(F)(F)F)[C@H]2C. The fraction of sp³-hybridized carbons (Fsp3) is 0.462. The van der Waals surface area contributed by atoms with Gasteiger partial charge in [0, 0.05) is 6.54 Å². The number of carbonyl (C=O) groups excluding carboxylic acids is 1. The second-order valence-electron chi connectivity index (χ2n) is 4.61. The lowest BCUT2D eigenvalue weighted by Crippen LogP contribution is -2.45. The van der Waals surface area contributed by atoms with E-state index in [1.54, 1.807) is 13.0 Å². The zero-order valence-corrected chi connectivity index (χ0v) is 13.1. The molecule has 0 saturated carbocycles. The lowest BCUT2D eigenvalue weighted by atomic mass is 9.93. The summed E-state index contributed by atoms with van der Waals surface area (Å²) in [5.41, 5.74) is 1.68. The van der Waals surface area contributed by atoms with Crippen LogP contribution in [0.1, 0.15) is 24.1 Å². The van der Waals surface area contributed by atoms with Crippen LogP contribution in [-0.4, -0.2) is 30.6 Å². The van der Waals surface area contributed by atoms with Gasteiger partial charge in [0.05, 0.1) is 16.7 Å². The fourth-order valence-electron chi connectivity index (χ4n) is 2.41. The maximum Gasteiger partial charge on any atom is 0.471 e. The molecular formula is C13H13F3INO2. The minimum atomic E-state index is -4.83. The highest BCUT2D eigenvalue weighted by Gasteiger charge is 2.45. The maximum absolute atomic E-state index is 12.6. The largest absolute Gasteiger partial charge is 0.496 e. The Morgan fingerprint density at radius 2 is 2.10 bits per heavy atom. The van der Waals surface area contributed by atoms with E-state index >= 15 is 0 Å². The average Bonchev–Trinajstić information content (AvgIpc) is 2.37. The van der Waals surface area contributed by atoms with Gasteiger partial charge in [0.15, 0.2) is 0 Å². The number of carbonyl (C=O) groups is 1. The van der Waals surface area contributed by atoms with E-state index in [-0.39, 0.29) is 6.54 Å². The number of alkyl halides is 3. The quantitative estimate of drug-likeness (QED) is 0.679. The summed E-state index contributed by atoms with van der Waals surface area (Å²) in [6.45, 7) is 1.68. The zero-order valence-electron chi connectivity index (χ0n) is 10.9. The van der Waals surface area contributed by atoms with E-state index in [4.69, 9.17) is 4.74 Å². The van der Waals surface area contributed by atoms with E-state index in [1.807, 2.05) is 6.07 Å². The topological polar surface area (TPSA) is 29.5 Å². The molecule has 7 heteroatoms. The first-order valence-corrected chi connectivity index (χ1v) is 7.07. The predicted octanol–water partition coefficient (Wildman–Crippen LogP) is 3.31. The van der Waals surface area contributed by atoms with Crippen LogP contribution in [0.4, 0.5) is 13.2 Å². The van der Waals surface area contributed by atoms with Gasteiger partial charge in [-0.2, -0.15) is 13.2 Å². The van der Waals surface area contributed by atoms with Gasteiger partial charge in [-0.05, 0) is 59.2 Å². The van der Waals surface area contributed by atoms with Crippen molar-refractivity contribution in [2.75, 3.05) is 13.7 Å². The highest BCUT2D eigenvalue weighted by atomic mass is 127. The predicted molar refractivity (Wildman–Crippen MR) is 75.6 cm³/mol. The number of benzene rings is 1. The summed E-state index contributed by atoms with van der Waals surface area (Å²) in [5, 5.41) is 0. The Bertz CT molecular complexity index is 545. The third kappa shape index (κ3) is 2.72. The van der Waals surface area contributed by atoms with Crippen LogP contribution in [0.2, 0.25) is 0 Å². The average molecular weight is 399 g/mol. The van der Waals surface area contributed by atoms with Crippen LogP contribution in [-0.2, 0) is 11.2 Å². The molecule has 0 saturated heterocycles. The summed E-state index contributed by atoms with van der Waals surface area (Å²) in [4.78, 5) is 12.3. The van der Waals surface area contributed by atoms with Crippen molar-refractivity contribution in [3.8, 4) is 5.75 Å². The number of hydrogen-bond donors (Lipinski definition) is 0. The number of fused-ring (bicyclic) bond motifs is 1. The van der Waals surface area contributed by atoms with Gasteiger partial charge in [-0.25, -0.2) is 0 Å². The Kier molecular flexibility index (Phi) is 4.17. The molecule has 1 aromatic carbocycles. The summed E-state index contributed by atoms with van der Waals surface area (Å²) >= 11 is 2.12. The smallest absolute Gasteiger partial charge is 0.471 e. The molecule has 0 unspecified atom stereocenters. The van der Waals surface area contributed by atoms with Crippen LogP contribution in [0.3, 0.4) is 0 Å². The van der Waals surface area contributed by atoms with Gasteiger partial charge in [-0.3, -0.25) is 4.79 Å². The van der Waals surface area contributed by atoms with E-state index in [2.05, 4.69) is 22.6 Å². The van der Waals surface area contributed by atoms with E-state index in [9.17, 15) is 18.0 Å². The molecule has 1 amide bonds. The first-order chi connectivity index (χ1) is 9.25. The number of methoxy groups -OCH3 is 1. The van der Waals surface area contributed by atoms with Crippen LogP contribution in [0, 0.1) is 3.57 Å². The van der Waals surface area contributed by atoms with Crippen molar-refractivity contribution >= 4 is 28.5 Å². The number of nitrogens with zero attached hydrogens (tertiary/aromatic N) is 1. The molecule has 1 aliphatic heterocycles. The Morgan fingerprint density at radius 3 is 2.65 bits per heavy atom. The number of amides is 1. The Balaban J connectivity index is 2.38. The molecule has 0 aromatic heterocycles. The van der Waals surface area contributed by atoms with Crippen LogP contribution < -0.4 is 4.74 Å². The van der Waals surface area contributed by atoms with Gasteiger partial charge in [-0.15, -0.1) is 0 Å². The van der Waals surface area contributed by atoms with E-state index < -0.39 is 18.1 Å². The molecule has 1 aliphatic rings. The molecule has 20 heavy (non-hydrogen) atoms. The first kappa shape index (κ1) is 15.4. The van der Waals surface area contributed by atoms with Crippen LogP contribution in [0.15, 0.2) is 12.1 Å². The van der Waals surface area contributed by atoms with Crippen molar-refractivity contribution in [3.05, 3.63) is 26.8 Å². The molecule has 2 rings (SSSR count). The fourth-order valence-corrected chi connectivity index (χ4v) is 3.17. The van der Waals surface area contributed by atoms with E-state index in [1.165, 1.54) is 7.11 Å². The van der Waals surface area contributed by atoms with Gasteiger partial charge in [0.1, 0.15) is 5.75 Å². The van der Waals surface area contributed by atoms with Gasteiger partial charge >= 0.3 is 12.1 Å². The second-order valence-corrected chi connectivity index (χ2v) is 5.77. The molecule has 0 bridgehead atoms. The van der Waals surface area contributed by atoms with Gasteiger partial charge in [0.2, 0.25) is 0 Å². The molecule has 1 aromatic rings. The minimum Gasteiger partial charge on any atom is -0.496 e. The van der Waals surface area contributed by atoms with E-state index in [0.717, 1.165) is 14.0 Å². The molecule has 110 valence electrons.